The lowest BCUT2D eigenvalue weighted by Crippen LogP contribution is -2.31. The maximum Gasteiger partial charge on any atom is 0.111 e. The predicted molar refractivity (Wildman–Crippen MR) is 65.4 cm³/mol. The summed E-state index contributed by atoms with van der Waals surface area (Å²) >= 11 is 1.69. The average Bonchev–Trinajstić information content (AvgIpc) is 2.30. The second kappa shape index (κ2) is 4.90. The normalized spacial score (nSPS) is 19.0. The van der Waals surface area contributed by atoms with E-state index < -0.39 is 0 Å². The molecule has 3 heteroatoms. The van der Waals surface area contributed by atoms with Crippen LogP contribution in [0.5, 0.6) is 0 Å². The summed E-state index contributed by atoms with van der Waals surface area (Å²) in [6.45, 7) is 3.48. The Hall–Kier alpha value is -0.980. The highest BCUT2D eigenvalue weighted by molar-refractivity contribution is 8.01. The topological polar surface area (TPSA) is 33.0 Å². The molecule has 0 aliphatic carbocycles. The van der Waals surface area contributed by atoms with Gasteiger partial charge < -0.3 is 4.74 Å². The van der Waals surface area contributed by atoms with Gasteiger partial charge in [-0.3, -0.25) is 0 Å². The Morgan fingerprint density at radius 3 is 2.75 bits per heavy atom. The summed E-state index contributed by atoms with van der Waals surface area (Å²) in [7, 11) is 0. The summed E-state index contributed by atoms with van der Waals surface area (Å²) in [5.74, 6) is 0. The van der Waals surface area contributed by atoms with Crippen LogP contribution >= 0.6 is 11.8 Å². The van der Waals surface area contributed by atoms with Gasteiger partial charge in [-0.2, -0.15) is 5.26 Å². The van der Waals surface area contributed by atoms with Crippen LogP contribution in [0.1, 0.15) is 18.4 Å². The van der Waals surface area contributed by atoms with Crippen LogP contribution in [0.2, 0.25) is 0 Å². The molecule has 0 aromatic heterocycles. The van der Waals surface area contributed by atoms with Crippen molar-refractivity contribution in [3.8, 4) is 6.07 Å². The third-order valence-electron chi connectivity index (χ3n) is 2.81. The third kappa shape index (κ3) is 2.58. The Kier molecular flexibility index (Phi) is 3.52. The highest BCUT2D eigenvalue weighted by Crippen LogP contribution is 2.40. The number of rotatable bonds is 2. The van der Waals surface area contributed by atoms with Crippen molar-refractivity contribution in [2.24, 2.45) is 0 Å². The molecular weight excluding hydrogens is 218 g/mol. The first-order valence-corrected chi connectivity index (χ1v) is 6.30. The first-order valence-electron chi connectivity index (χ1n) is 5.49. The molecule has 0 spiro atoms. The van der Waals surface area contributed by atoms with Gasteiger partial charge in [-0.15, -0.1) is 11.8 Å². The molecule has 0 amide bonds. The minimum atomic E-state index is -0.286. The zero-order valence-corrected chi connectivity index (χ0v) is 10.2. The molecule has 1 aliphatic heterocycles. The second-order valence-electron chi connectivity index (χ2n) is 4.14. The minimum Gasteiger partial charge on any atom is -0.381 e. The van der Waals surface area contributed by atoms with Crippen LogP contribution in [0.3, 0.4) is 0 Å². The van der Waals surface area contributed by atoms with E-state index >= 15 is 0 Å². The fourth-order valence-electron chi connectivity index (χ4n) is 1.84. The minimum absolute atomic E-state index is 0.286. The Labute approximate surface area is 101 Å². The molecule has 0 saturated carbocycles. The van der Waals surface area contributed by atoms with Crippen molar-refractivity contribution < 1.29 is 4.74 Å². The quantitative estimate of drug-likeness (QED) is 0.786. The van der Waals surface area contributed by atoms with Crippen LogP contribution in [0.15, 0.2) is 29.2 Å². The van der Waals surface area contributed by atoms with E-state index in [-0.39, 0.29) is 4.75 Å². The Balaban J connectivity index is 2.15. The average molecular weight is 233 g/mol. The first-order chi connectivity index (χ1) is 7.74. The number of nitrogens with zero attached hydrogens (tertiary/aromatic N) is 1. The van der Waals surface area contributed by atoms with Crippen molar-refractivity contribution >= 4 is 11.8 Å². The van der Waals surface area contributed by atoms with Gasteiger partial charge in [-0.05, 0) is 31.9 Å². The van der Waals surface area contributed by atoms with E-state index in [0.717, 1.165) is 12.8 Å². The lowest BCUT2D eigenvalue weighted by molar-refractivity contribution is 0.0886. The molecule has 0 radical (unpaired) electrons. The highest BCUT2D eigenvalue weighted by atomic mass is 32.2. The number of aryl methyl sites for hydroxylation is 1. The molecule has 1 aromatic rings. The molecule has 16 heavy (non-hydrogen) atoms. The van der Waals surface area contributed by atoms with E-state index in [1.54, 1.807) is 11.8 Å². The zero-order chi connectivity index (χ0) is 11.4. The van der Waals surface area contributed by atoms with Crippen molar-refractivity contribution in [2.75, 3.05) is 13.2 Å². The van der Waals surface area contributed by atoms with Gasteiger partial charge in [-0.25, -0.2) is 0 Å². The summed E-state index contributed by atoms with van der Waals surface area (Å²) in [6.07, 6.45) is 1.64. The number of hydrogen-bond donors (Lipinski definition) is 0. The van der Waals surface area contributed by atoms with E-state index in [0.29, 0.717) is 13.2 Å². The monoisotopic (exact) mass is 233 g/mol. The SMILES string of the molecule is Cc1cccc(SC2(C#N)CCOCC2)c1. The van der Waals surface area contributed by atoms with Crippen LogP contribution in [0, 0.1) is 18.3 Å². The van der Waals surface area contributed by atoms with E-state index in [9.17, 15) is 5.26 Å². The van der Waals surface area contributed by atoms with E-state index in [2.05, 4.69) is 31.2 Å². The molecule has 1 heterocycles. The highest BCUT2D eigenvalue weighted by Gasteiger charge is 2.33. The van der Waals surface area contributed by atoms with Gasteiger partial charge in [0.15, 0.2) is 0 Å². The molecule has 0 bridgehead atoms. The lowest BCUT2D eigenvalue weighted by Gasteiger charge is -2.29. The predicted octanol–water partition coefficient (Wildman–Crippen LogP) is 3.16. The molecule has 2 rings (SSSR count). The summed E-state index contributed by atoms with van der Waals surface area (Å²) in [6, 6.07) is 10.8. The van der Waals surface area contributed by atoms with E-state index in [1.165, 1.54) is 10.5 Å². The van der Waals surface area contributed by atoms with Crippen molar-refractivity contribution in [1.82, 2.24) is 0 Å². The number of benzene rings is 1. The summed E-state index contributed by atoms with van der Waals surface area (Å²) in [4.78, 5) is 1.18. The lowest BCUT2D eigenvalue weighted by atomic mass is 10.0. The van der Waals surface area contributed by atoms with Crippen LogP contribution < -0.4 is 0 Å². The largest absolute Gasteiger partial charge is 0.381 e. The summed E-state index contributed by atoms with van der Waals surface area (Å²) in [5.41, 5.74) is 1.24. The van der Waals surface area contributed by atoms with Gasteiger partial charge in [0.1, 0.15) is 4.75 Å². The molecule has 1 aliphatic rings. The molecule has 1 saturated heterocycles. The van der Waals surface area contributed by atoms with Crippen molar-refractivity contribution in [3.05, 3.63) is 29.8 Å². The molecule has 1 aromatic carbocycles. The molecule has 84 valence electrons. The number of hydrogen-bond acceptors (Lipinski definition) is 3. The van der Waals surface area contributed by atoms with Gasteiger partial charge in [0, 0.05) is 18.1 Å². The van der Waals surface area contributed by atoms with Crippen LogP contribution in [0.4, 0.5) is 0 Å². The fraction of sp³-hybridized carbons (Fsp3) is 0.462. The second-order valence-corrected chi connectivity index (χ2v) is 5.59. The number of thioether (sulfide) groups is 1. The maximum absolute atomic E-state index is 9.35. The Morgan fingerprint density at radius 2 is 2.12 bits per heavy atom. The number of ether oxygens (including phenoxy) is 1. The zero-order valence-electron chi connectivity index (χ0n) is 9.40. The van der Waals surface area contributed by atoms with E-state index in [1.807, 2.05) is 6.07 Å². The molecular formula is C13H15NOS. The van der Waals surface area contributed by atoms with Gasteiger partial charge in [-0.1, -0.05) is 17.7 Å². The molecule has 1 fully saturated rings. The van der Waals surface area contributed by atoms with Crippen LogP contribution in [-0.2, 0) is 4.74 Å². The van der Waals surface area contributed by atoms with Gasteiger partial charge in [0.2, 0.25) is 0 Å². The third-order valence-corrected chi connectivity index (χ3v) is 4.19. The van der Waals surface area contributed by atoms with Gasteiger partial charge in [0.05, 0.1) is 6.07 Å². The number of nitriles is 1. The Bertz CT molecular complexity index is 405. The van der Waals surface area contributed by atoms with Gasteiger partial charge in [0.25, 0.3) is 0 Å². The van der Waals surface area contributed by atoms with E-state index in [4.69, 9.17) is 4.74 Å². The molecule has 0 N–H and O–H groups in total. The molecule has 0 atom stereocenters. The van der Waals surface area contributed by atoms with Crippen molar-refractivity contribution in [1.29, 1.82) is 5.26 Å². The van der Waals surface area contributed by atoms with Crippen LogP contribution in [-0.4, -0.2) is 18.0 Å². The molecule has 0 unspecified atom stereocenters. The van der Waals surface area contributed by atoms with Crippen molar-refractivity contribution in [2.45, 2.75) is 29.4 Å². The standard InChI is InChI=1S/C13H15NOS/c1-11-3-2-4-12(9-11)16-13(10-14)5-7-15-8-6-13/h2-4,9H,5-8H2,1H3. The summed E-state index contributed by atoms with van der Waals surface area (Å²) < 4.78 is 5.04. The first kappa shape index (κ1) is 11.5. The molecule has 2 nitrogen and oxygen atoms in total. The van der Waals surface area contributed by atoms with Gasteiger partial charge >= 0.3 is 0 Å². The van der Waals surface area contributed by atoms with Crippen LogP contribution in [0.25, 0.3) is 0 Å². The Morgan fingerprint density at radius 1 is 1.38 bits per heavy atom. The smallest absolute Gasteiger partial charge is 0.111 e. The maximum atomic E-state index is 9.35. The fourth-order valence-corrected chi connectivity index (χ4v) is 3.10. The van der Waals surface area contributed by atoms with Crippen molar-refractivity contribution in [3.63, 3.8) is 0 Å². The summed E-state index contributed by atoms with van der Waals surface area (Å²) in [5, 5.41) is 9.35.